The summed E-state index contributed by atoms with van der Waals surface area (Å²) in [7, 11) is 0. The van der Waals surface area contributed by atoms with E-state index in [2.05, 4.69) is 28.2 Å². The van der Waals surface area contributed by atoms with Crippen LogP contribution in [0, 0.1) is 18.3 Å². The van der Waals surface area contributed by atoms with Crippen LogP contribution in [0.3, 0.4) is 0 Å². The number of amides is 1. The van der Waals surface area contributed by atoms with E-state index in [-0.39, 0.29) is 24.6 Å². The third kappa shape index (κ3) is 4.09. The third-order valence-electron chi connectivity index (χ3n) is 3.56. The SMILES string of the molecule is C#CCNC(=O)Cn1ncc(N2CCCC(C)C2)cc1=O. The number of hydrogen-bond donors (Lipinski definition) is 1. The minimum absolute atomic E-state index is 0.114. The fourth-order valence-corrected chi connectivity index (χ4v) is 2.48. The molecular formula is C15H20N4O2. The van der Waals surface area contributed by atoms with Gasteiger partial charge in [0.2, 0.25) is 5.91 Å². The molecule has 0 radical (unpaired) electrons. The molecule has 6 nitrogen and oxygen atoms in total. The van der Waals surface area contributed by atoms with E-state index in [1.165, 1.54) is 6.42 Å². The molecule has 112 valence electrons. The summed E-state index contributed by atoms with van der Waals surface area (Å²) >= 11 is 0. The highest BCUT2D eigenvalue weighted by molar-refractivity contribution is 5.75. The van der Waals surface area contributed by atoms with Gasteiger partial charge in [-0.3, -0.25) is 9.59 Å². The summed E-state index contributed by atoms with van der Waals surface area (Å²) < 4.78 is 1.14. The second-order valence-electron chi connectivity index (χ2n) is 5.38. The van der Waals surface area contributed by atoms with Gasteiger partial charge in [0.05, 0.1) is 18.4 Å². The van der Waals surface area contributed by atoms with Crippen molar-refractivity contribution in [1.82, 2.24) is 15.1 Å². The molecule has 0 saturated carbocycles. The Morgan fingerprint density at radius 2 is 2.43 bits per heavy atom. The maximum atomic E-state index is 12.0. The molecule has 6 heteroatoms. The Bertz CT molecular complexity index is 602. The first kappa shape index (κ1) is 15.1. The Kier molecular flexibility index (Phi) is 4.99. The Balaban J connectivity index is 2.05. The molecule has 21 heavy (non-hydrogen) atoms. The number of terminal acetylenes is 1. The molecule has 1 aromatic rings. The minimum Gasteiger partial charge on any atom is -0.370 e. The van der Waals surface area contributed by atoms with E-state index in [0.717, 1.165) is 29.9 Å². The molecule has 1 aliphatic rings. The molecule has 2 rings (SSSR count). The predicted octanol–water partition coefficient (Wildman–Crippen LogP) is 0.229. The molecule has 0 aromatic carbocycles. The van der Waals surface area contributed by atoms with Crippen LogP contribution in [0.2, 0.25) is 0 Å². The first-order valence-corrected chi connectivity index (χ1v) is 7.12. The Hall–Kier alpha value is -2.29. The maximum Gasteiger partial charge on any atom is 0.269 e. The molecule has 1 atom stereocenters. The van der Waals surface area contributed by atoms with Crippen LogP contribution in [0.5, 0.6) is 0 Å². The van der Waals surface area contributed by atoms with Crippen LogP contribution in [-0.4, -0.2) is 35.3 Å². The highest BCUT2D eigenvalue weighted by atomic mass is 16.2. The van der Waals surface area contributed by atoms with Crippen molar-refractivity contribution in [2.24, 2.45) is 5.92 Å². The third-order valence-corrected chi connectivity index (χ3v) is 3.56. The van der Waals surface area contributed by atoms with Crippen LogP contribution >= 0.6 is 0 Å². The van der Waals surface area contributed by atoms with Crippen LogP contribution in [0.4, 0.5) is 5.69 Å². The average molecular weight is 288 g/mol. The van der Waals surface area contributed by atoms with Gasteiger partial charge in [-0.15, -0.1) is 6.42 Å². The molecule has 1 aromatic heterocycles. The molecule has 1 fully saturated rings. The van der Waals surface area contributed by atoms with Crippen molar-refractivity contribution in [2.75, 3.05) is 24.5 Å². The zero-order valence-corrected chi connectivity index (χ0v) is 12.2. The molecule has 1 amide bonds. The number of piperidine rings is 1. The zero-order chi connectivity index (χ0) is 15.2. The largest absolute Gasteiger partial charge is 0.370 e. The van der Waals surface area contributed by atoms with Crippen molar-refractivity contribution >= 4 is 11.6 Å². The van der Waals surface area contributed by atoms with Crippen LogP contribution < -0.4 is 15.8 Å². The van der Waals surface area contributed by atoms with Gasteiger partial charge in [0.1, 0.15) is 6.54 Å². The van der Waals surface area contributed by atoms with Crippen LogP contribution in [0.15, 0.2) is 17.1 Å². The zero-order valence-electron chi connectivity index (χ0n) is 12.2. The van der Waals surface area contributed by atoms with Gasteiger partial charge >= 0.3 is 0 Å². The summed E-state index contributed by atoms with van der Waals surface area (Å²) in [6, 6.07) is 1.54. The monoisotopic (exact) mass is 288 g/mol. The van der Waals surface area contributed by atoms with E-state index in [1.54, 1.807) is 12.3 Å². The number of carbonyl (C=O) groups is 1. The summed E-state index contributed by atoms with van der Waals surface area (Å²) in [6.45, 7) is 4.12. The van der Waals surface area contributed by atoms with Gasteiger partial charge in [0.25, 0.3) is 5.56 Å². The van der Waals surface area contributed by atoms with Gasteiger partial charge in [0, 0.05) is 19.2 Å². The van der Waals surface area contributed by atoms with Crippen molar-refractivity contribution in [1.29, 1.82) is 0 Å². The van der Waals surface area contributed by atoms with Gasteiger partial charge in [-0.2, -0.15) is 5.10 Å². The fourth-order valence-electron chi connectivity index (χ4n) is 2.48. The fraction of sp³-hybridized carbons (Fsp3) is 0.533. The lowest BCUT2D eigenvalue weighted by atomic mass is 10.00. The molecule has 0 spiro atoms. The lowest BCUT2D eigenvalue weighted by Gasteiger charge is -2.32. The molecule has 1 saturated heterocycles. The molecule has 2 heterocycles. The van der Waals surface area contributed by atoms with Crippen molar-refractivity contribution in [3.8, 4) is 12.3 Å². The Morgan fingerprint density at radius 1 is 1.62 bits per heavy atom. The first-order valence-electron chi connectivity index (χ1n) is 7.12. The number of nitrogens with one attached hydrogen (secondary N) is 1. The lowest BCUT2D eigenvalue weighted by molar-refractivity contribution is -0.121. The van der Waals surface area contributed by atoms with E-state index < -0.39 is 0 Å². The number of aromatic nitrogens is 2. The molecule has 1 aliphatic heterocycles. The minimum atomic E-state index is -0.318. The second-order valence-corrected chi connectivity index (χ2v) is 5.38. The molecule has 1 N–H and O–H groups in total. The van der Waals surface area contributed by atoms with Crippen molar-refractivity contribution in [3.05, 3.63) is 22.6 Å². The van der Waals surface area contributed by atoms with Crippen LogP contribution in [0.25, 0.3) is 0 Å². The van der Waals surface area contributed by atoms with Gasteiger partial charge < -0.3 is 10.2 Å². The number of hydrogen-bond acceptors (Lipinski definition) is 4. The summed E-state index contributed by atoms with van der Waals surface area (Å²) in [5, 5.41) is 6.58. The normalized spacial score (nSPS) is 18.1. The van der Waals surface area contributed by atoms with E-state index in [0.29, 0.717) is 5.92 Å². The topological polar surface area (TPSA) is 67.2 Å². The van der Waals surface area contributed by atoms with Crippen molar-refractivity contribution < 1.29 is 4.79 Å². The van der Waals surface area contributed by atoms with Gasteiger partial charge in [0.15, 0.2) is 0 Å². The average Bonchev–Trinajstić information content (AvgIpc) is 2.47. The smallest absolute Gasteiger partial charge is 0.269 e. The highest BCUT2D eigenvalue weighted by Crippen LogP contribution is 2.20. The summed E-state index contributed by atoms with van der Waals surface area (Å²) in [5.41, 5.74) is 0.549. The van der Waals surface area contributed by atoms with E-state index >= 15 is 0 Å². The standard InChI is InChI=1S/C15H20N4O2/c1-3-6-16-14(20)11-19-15(21)8-13(9-17-19)18-7-4-5-12(2)10-18/h1,8-9,12H,4-7,10-11H2,2H3,(H,16,20). The van der Waals surface area contributed by atoms with Crippen LogP contribution in [0.1, 0.15) is 19.8 Å². The lowest BCUT2D eigenvalue weighted by Crippen LogP contribution is -2.37. The summed E-state index contributed by atoms with van der Waals surface area (Å²) in [4.78, 5) is 25.7. The predicted molar refractivity (Wildman–Crippen MR) is 81.0 cm³/mol. The maximum absolute atomic E-state index is 12.0. The highest BCUT2D eigenvalue weighted by Gasteiger charge is 2.17. The van der Waals surface area contributed by atoms with Crippen LogP contribution in [-0.2, 0) is 11.3 Å². The number of nitrogens with zero attached hydrogens (tertiary/aromatic N) is 3. The second kappa shape index (κ2) is 6.93. The Morgan fingerprint density at radius 3 is 3.10 bits per heavy atom. The quantitative estimate of drug-likeness (QED) is 0.805. The molecule has 0 bridgehead atoms. The van der Waals surface area contributed by atoms with E-state index in [9.17, 15) is 9.59 Å². The van der Waals surface area contributed by atoms with Crippen molar-refractivity contribution in [2.45, 2.75) is 26.3 Å². The van der Waals surface area contributed by atoms with Gasteiger partial charge in [-0.05, 0) is 18.8 Å². The number of rotatable bonds is 4. The first-order chi connectivity index (χ1) is 10.1. The van der Waals surface area contributed by atoms with Gasteiger partial charge in [-0.1, -0.05) is 12.8 Å². The molecular weight excluding hydrogens is 268 g/mol. The van der Waals surface area contributed by atoms with Gasteiger partial charge in [-0.25, -0.2) is 4.68 Å². The number of anilines is 1. The summed E-state index contributed by atoms with van der Waals surface area (Å²) in [6.07, 6.45) is 9.05. The van der Waals surface area contributed by atoms with E-state index in [4.69, 9.17) is 6.42 Å². The Labute approximate surface area is 124 Å². The summed E-state index contributed by atoms with van der Waals surface area (Å²) in [5.74, 6) is 2.61. The number of carbonyl (C=O) groups excluding carboxylic acids is 1. The molecule has 0 aliphatic carbocycles. The van der Waals surface area contributed by atoms with Crippen molar-refractivity contribution in [3.63, 3.8) is 0 Å². The van der Waals surface area contributed by atoms with E-state index in [1.807, 2.05) is 0 Å². The molecule has 1 unspecified atom stereocenters.